The van der Waals surface area contributed by atoms with Crippen molar-refractivity contribution in [3.8, 4) is 0 Å². The first-order valence-electron chi connectivity index (χ1n) is 19.3. The molecule has 0 bridgehead atoms. The molecule has 6 N–H and O–H groups in total. The van der Waals surface area contributed by atoms with Crippen molar-refractivity contribution >= 4 is 41.4 Å². The normalized spacial score (nSPS) is 13.1. The molecule has 0 spiro atoms. The second-order valence-electron chi connectivity index (χ2n) is 15.4. The maximum Gasteiger partial charge on any atom is 0.245 e. The van der Waals surface area contributed by atoms with E-state index >= 15 is 0 Å². The van der Waals surface area contributed by atoms with E-state index in [-0.39, 0.29) is 116 Å². The summed E-state index contributed by atoms with van der Waals surface area (Å²) in [4.78, 5) is 90.7. The van der Waals surface area contributed by atoms with Crippen LogP contribution in [0.1, 0.15) is 115 Å². The van der Waals surface area contributed by atoms with E-state index < -0.39 is 12.1 Å². The topological polar surface area (TPSA) is 195 Å². The molecule has 3 unspecified atom stereocenters. The molecule has 0 saturated heterocycles. The third-order valence-corrected chi connectivity index (χ3v) is 8.75. The van der Waals surface area contributed by atoms with E-state index in [2.05, 4.69) is 31.9 Å². The molecule has 300 valence electrons. The zero-order valence-corrected chi connectivity index (χ0v) is 33.9. The molecule has 52 heavy (non-hydrogen) atoms. The molecular weight excluding hydrogens is 666 g/mol. The predicted molar refractivity (Wildman–Crippen MR) is 204 cm³/mol. The number of hydrogen-bond donors (Lipinski definition) is 6. The van der Waals surface area contributed by atoms with Crippen LogP contribution in [0.5, 0.6) is 0 Å². The number of hydrogen-bond acceptors (Lipinski definition) is 7. The second-order valence-corrected chi connectivity index (χ2v) is 15.4. The van der Waals surface area contributed by atoms with Crippen LogP contribution in [0.2, 0.25) is 0 Å². The predicted octanol–water partition coefficient (Wildman–Crippen LogP) is 2.51. The lowest BCUT2D eigenvalue weighted by Gasteiger charge is -2.29. The van der Waals surface area contributed by atoms with Gasteiger partial charge >= 0.3 is 0 Å². The van der Waals surface area contributed by atoms with Crippen LogP contribution in [-0.2, 0) is 33.6 Å². The minimum atomic E-state index is -0.878. The SMILES string of the molecule is CC(C)CC(=O)NC(C(=O)NCCCC(=O)NC(CCCCNC(=O)C(C)C)C(=O)N(CCNC(=O)C(C)C)CCNC(=O)C(C)C)C(C)C(C)C. The van der Waals surface area contributed by atoms with Crippen molar-refractivity contribution < 1.29 is 33.6 Å². The smallest absolute Gasteiger partial charge is 0.245 e. The Morgan fingerprint density at radius 2 is 0.981 bits per heavy atom. The van der Waals surface area contributed by atoms with Gasteiger partial charge in [-0.25, -0.2) is 0 Å². The Kier molecular flexibility index (Phi) is 24.3. The van der Waals surface area contributed by atoms with Crippen LogP contribution in [0.25, 0.3) is 0 Å². The summed E-state index contributed by atoms with van der Waals surface area (Å²) in [5.74, 6) is -1.95. The highest BCUT2D eigenvalue weighted by atomic mass is 16.2. The highest BCUT2D eigenvalue weighted by Crippen LogP contribution is 2.16. The minimum Gasteiger partial charge on any atom is -0.356 e. The summed E-state index contributed by atoms with van der Waals surface area (Å²) in [5.41, 5.74) is 0. The molecule has 0 aliphatic carbocycles. The summed E-state index contributed by atoms with van der Waals surface area (Å²) < 4.78 is 0. The molecule has 0 aliphatic rings. The van der Waals surface area contributed by atoms with Crippen molar-refractivity contribution in [1.82, 2.24) is 36.8 Å². The monoisotopic (exact) mass is 738 g/mol. The number of amides is 7. The summed E-state index contributed by atoms with van der Waals surface area (Å²) in [5, 5.41) is 17.1. The van der Waals surface area contributed by atoms with Crippen LogP contribution in [-0.4, -0.2) is 97.6 Å². The summed E-state index contributed by atoms with van der Waals surface area (Å²) in [6.45, 7) is 21.9. The second kappa shape index (κ2) is 26.1. The molecule has 0 fully saturated rings. The summed E-state index contributed by atoms with van der Waals surface area (Å²) in [6.07, 6.45) is 2.14. The Balaban J connectivity index is 5.66. The maximum absolute atomic E-state index is 14.0. The van der Waals surface area contributed by atoms with Crippen molar-refractivity contribution in [2.45, 2.75) is 127 Å². The lowest BCUT2D eigenvalue weighted by atomic mass is 9.89. The maximum atomic E-state index is 14.0. The van der Waals surface area contributed by atoms with E-state index in [4.69, 9.17) is 0 Å². The standard InChI is InChI=1S/C38H71N7O7/c1-24(2)23-32(47)44-33(29(11)25(3)4)37(51)40-18-14-16-31(46)43-30(15-12-13-17-39-34(48)26(5)6)38(52)45(21-19-41-35(49)27(7)8)22-20-42-36(50)28(9)10/h24-30,33H,12-23H2,1-11H3,(H,39,48)(H,40,51)(H,41,49)(H,42,50)(H,43,46)(H,44,47). The van der Waals surface area contributed by atoms with Crippen molar-refractivity contribution in [3.05, 3.63) is 0 Å². The molecule has 14 nitrogen and oxygen atoms in total. The van der Waals surface area contributed by atoms with Gasteiger partial charge in [-0.15, -0.1) is 0 Å². The van der Waals surface area contributed by atoms with Gasteiger partial charge in [-0.05, 0) is 43.4 Å². The van der Waals surface area contributed by atoms with Crippen LogP contribution in [0.3, 0.4) is 0 Å². The van der Waals surface area contributed by atoms with Crippen LogP contribution < -0.4 is 31.9 Å². The van der Waals surface area contributed by atoms with Gasteiger partial charge in [0.25, 0.3) is 0 Å². The summed E-state index contributed by atoms with van der Waals surface area (Å²) in [6, 6.07) is -1.58. The Hall–Kier alpha value is -3.71. The number of rotatable bonds is 26. The van der Waals surface area contributed by atoms with Gasteiger partial charge in [0, 0.05) is 69.9 Å². The zero-order chi connectivity index (χ0) is 40.0. The number of carbonyl (C=O) groups excluding carboxylic acids is 7. The lowest BCUT2D eigenvalue weighted by molar-refractivity contribution is -0.137. The molecule has 0 heterocycles. The minimum absolute atomic E-state index is 0.0491. The lowest BCUT2D eigenvalue weighted by Crippen LogP contribution is -2.52. The summed E-state index contributed by atoms with van der Waals surface area (Å²) >= 11 is 0. The first-order chi connectivity index (χ1) is 24.3. The van der Waals surface area contributed by atoms with Crippen molar-refractivity contribution in [3.63, 3.8) is 0 Å². The van der Waals surface area contributed by atoms with Crippen molar-refractivity contribution in [2.24, 2.45) is 35.5 Å². The van der Waals surface area contributed by atoms with Crippen LogP contribution in [0.15, 0.2) is 0 Å². The Bertz CT molecular complexity index is 1110. The first-order valence-corrected chi connectivity index (χ1v) is 19.3. The van der Waals surface area contributed by atoms with Crippen LogP contribution in [0.4, 0.5) is 0 Å². The molecule has 3 atom stereocenters. The molecule has 0 aliphatic heterocycles. The number of nitrogens with one attached hydrogen (secondary N) is 6. The fourth-order valence-corrected chi connectivity index (χ4v) is 5.00. The van der Waals surface area contributed by atoms with E-state index in [1.807, 2.05) is 48.5 Å². The van der Waals surface area contributed by atoms with Gasteiger partial charge in [-0.2, -0.15) is 0 Å². The van der Waals surface area contributed by atoms with Gasteiger partial charge in [-0.3, -0.25) is 33.6 Å². The molecule has 0 saturated carbocycles. The van der Waals surface area contributed by atoms with E-state index in [9.17, 15) is 33.6 Å². The molecule has 0 aromatic heterocycles. The molecule has 0 radical (unpaired) electrons. The van der Waals surface area contributed by atoms with Gasteiger partial charge in [-0.1, -0.05) is 76.2 Å². The van der Waals surface area contributed by atoms with Gasteiger partial charge in [0.05, 0.1) is 0 Å². The third-order valence-electron chi connectivity index (χ3n) is 8.75. The highest BCUT2D eigenvalue weighted by molar-refractivity contribution is 5.89. The molecule has 0 aromatic carbocycles. The van der Waals surface area contributed by atoms with Crippen LogP contribution in [0, 0.1) is 35.5 Å². The number of carbonyl (C=O) groups is 7. The van der Waals surface area contributed by atoms with Gasteiger partial charge in [0.1, 0.15) is 12.1 Å². The van der Waals surface area contributed by atoms with Crippen molar-refractivity contribution in [2.75, 3.05) is 39.3 Å². The molecule has 0 rings (SSSR count). The average molecular weight is 738 g/mol. The van der Waals surface area contributed by atoms with Gasteiger partial charge in [0.15, 0.2) is 0 Å². The third kappa shape index (κ3) is 21.0. The van der Waals surface area contributed by atoms with Crippen LogP contribution >= 0.6 is 0 Å². The van der Waals surface area contributed by atoms with E-state index in [1.165, 1.54) is 4.90 Å². The average Bonchev–Trinajstić information content (AvgIpc) is 3.05. The Morgan fingerprint density at radius 1 is 0.519 bits per heavy atom. The van der Waals surface area contributed by atoms with E-state index in [0.717, 1.165) is 0 Å². The first kappa shape index (κ1) is 48.3. The molecule has 14 heteroatoms. The number of unbranched alkanes of at least 4 members (excludes halogenated alkanes) is 1. The molecular formula is C38H71N7O7. The largest absolute Gasteiger partial charge is 0.356 e. The molecule has 0 aromatic rings. The van der Waals surface area contributed by atoms with Crippen molar-refractivity contribution in [1.29, 1.82) is 0 Å². The van der Waals surface area contributed by atoms with E-state index in [1.54, 1.807) is 27.7 Å². The fraction of sp³-hybridized carbons (Fsp3) is 0.816. The number of nitrogens with zero attached hydrogens (tertiary/aromatic N) is 1. The quantitative estimate of drug-likeness (QED) is 0.0734. The zero-order valence-electron chi connectivity index (χ0n) is 33.9. The Labute approximate surface area is 312 Å². The Morgan fingerprint density at radius 3 is 1.44 bits per heavy atom. The van der Waals surface area contributed by atoms with Gasteiger partial charge in [0.2, 0.25) is 41.4 Å². The molecule has 7 amide bonds. The van der Waals surface area contributed by atoms with E-state index in [0.29, 0.717) is 38.6 Å². The highest BCUT2D eigenvalue weighted by Gasteiger charge is 2.29. The van der Waals surface area contributed by atoms with Gasteiger partial charge < -0.3 is 36.8 Å². The summed E-state index contributed by atoms with van der Waals surface area (Å²) in [7, 11) is 0. The fourth-order valence-electron chi connectivity index (χ4n) is 5.00.